The van der Waals surface area contributed by atoms with Crippen molar-refractivity contribution in [1.29, 1.82) is 0 Å². The minimum Gasteiger partial charge on any atom is -0.352 e. The van der Waals surface area contributed by atoms with Crippen molar-refractivity contribution >= 4 is 27.7 Å². The van der Waals surface area contributed by atoms with Crippen LogP contribution in [0.25, 0.3) is 21.8 Å². The average molecular weight is 268 g/mol. The average Bonchev–Trinajstić information content (AvgIpc) is 3.01. The number of aromatic nitrogens is 1. The maximum Gasteiger partial charge on any atom is 0.252 e. The van der Waals surface area contributed by atoms with Crippen LogP contribution >= 0.6 is 0 Å². The summed E-state index contributed by atoms with van der Waals surface area (Å²) in [7, 11) is 0. The number of hydrogen-bond donors (Lipinski definition) is 2. The Hall–Kier alpha value is -2.36. The molecule has 0 saturated heterocycles. The molecule has 1 amide bonds. The number of carbonyl (C=O) groups is 1. The molecule has 0 radical (unpaired) electrons. The zero-order chi connectivity index (χ0) is 13.9. The number of hydrogen-bond acceptors (Lipinski definition) is 1. The normalized spacial score (nSPS) is 14.0. The van der Waals surface area contributed by atoms with E-state index in [4.69, 9.17) is 0 Å². The van der Waals surface area contributed by atoms with Gasteiger partial charge in [-0.25, -0.2) is 4.39 Å². The highest BCUT2D eigenvalue weighted by molar-refractivity contribution is 6.14. The van der Waals surface area contributed by atoms with Gasteiger partial charge in [-0.15, -0.1) is 0 Å². The second kappa shape index (κ2) is 3.82. The minimum atomic E-state index is -0.297. The maximum absolute atomic E-state index is 14.7. The molecule has 100 valence electrons. The lowest BCUT2D eigenvalue weighted by molar-refractivity contribution is 0.0964. The Kier molecular flexibility index (Phi) is 2.19. The van der Waals surface area contributed by atoms with Crippen molar-refractivity contribution in [3.05, 3.63) is 46.8 Å². The number of para-hydroxylation sites is 1. The van der Waals surface area contributed by atoms with Crippen molar-refractivity contribution in [1.82, 2.24) is 10.3 Å². The summed E-state index contributed by atoms with van der Waals surface area (Å²) >= 11 is 0. The second-order valence-corrected chi connectivity index (χ2v) is 5.10. The number of rotatable bonds is 1. The molecule has 2 N–H and O–H groups in total. The molecule has 0 atom stereocenters. The third-order valence-electron chi connectivity index (χ3n) is 4.10. The molecule has 0 bridgehead atoms. The van der Waals surface area contributed by atoms with E-state index in [0.717, 1.165) is 21.9 Å². The van der Waals surface area contributed by atoms with Crippen LogP contribution in [0.4, 0.5) is 4.39 Å². The van der Waals surface area contributed by atoms with Gasteiger partial charge in [0.05, 0.1) is 11.1 Å². The molecule has 0 spiro atoms. The van der Waals surface area contributed by atoms with Crippen LogP contribution in [0.1, 0.15) is 28.4 Å². The zero-order valence-electron chi connectivity index (χ0n) is 11.0. The molecule has 20 heavy (non-hydrogen) atoms. The first-order valence-electron chi connectivity index (χ1n) is 6.74. The van der Waals surface area contributed by atoms with Crippen LogP contribution in [0.15, 0.2) is 24.3 Å². The molecular formula is C16H13FN2O. The fourth-order valence-electron chi connectivity index (χ4n) is 3.23. The predicted octanol–water partition coefficient (Wildman–Crippen LogP) is 3.27. The quantitative estimate of drug-likeness (QED) is 0.699. The van der Waals surface area contributed by atoms with E-state index < -0.39 is 0 Å². The Morgan fingerprint density at radius 1 is 1.30 bits per heavy atom. The molecule has 0 aliphatic carbocycles. The standard InChI is InChI=1S/C16H13FN2O/c1-2-8-13-10(7-18-16(13)20)12-9-5-3-4-6-11(9)19-15(12)14(8)17/h3-6,19H,2,7H2,1H3,(H,18,20). The lowest BCUT2D eigenvalue weighted by Crippen LogP contribution is -2.14. The minimum absolute atomic E-state index is 0.164. The second-order valence-electron chi connectivity index (χ2n) is 5.10. The smallest absolute Gasteiger partial charge is 0.252 e. The van der Waals surface area contributed by atoms with E-state index >= 15 is 0 Å². The van der Waals surface area contributed by atoms with Gasteiger partial charge in [0.2, 0.25) is 0 Å². The third-order valence-corrected chi connectivity index (χ3v) is 4.10. The summed E-state index contributed by atoms with van der Waals surface area (Å²) in [4.78, 5) is 15.2. The van der Waals surface area contributed by atoms with Gasteiger partial charge in [0.25, 0.3) is 5.91 Å². The lowest BCUT2D eigenvalue weighted by Gasteiger charge is -2.08. The first-order valence-corrected chi connectivity index (χ1v) is 6.74. The van der Waals surface area contributed by atoms with Gasteiger partial charge in [-0.1, -0.05) is 25.1 Å². The van der Waals surface area contributed by atoms with E-state index in [-0.39, 0.29) is 11.7 Å². The van der Waals surface area contributed by atoms with Gasteiger partial charge in [0.1, 0.15) is 0 Å². The van der Waals surface area contributed by atoms with Crippen molar-refractivity contribution in [2.75, 3.05) is 0 Å². The summed E-state index contributed by atoms with van der Waals surface area (Å²) in [6, 6.07) is 7.73. The van der Waals surface area contributed by atoms with E-state index in [9.17, 15) is 9.18 Å². The largest absolute Gasteiger partial charge is 0.352 e. The van der Waals surface area contributed by atoms with E-state index in [1.165, 1.54) is 0 Å². The highest BCUT2D eigenvalue weighted by Crippen LogP contribution is 2.37. The number of carbonyl (C=O) groups excluding carboxylic acids is 1. The third kappa shape index (κ3) is 1.26. The summed E-state index contributed by atoms with van der Waals surface area (Å²) in [5.41, 5.74) is 3.37. The molecule has 1 aromatic heterocycles. The van der Waals surface area contributed by atoms with Gasteiger partial charge in [-0.05, 0) is 18.1 Å². The number of benzene rings is 2. The van der Waals surface area contributed by atoms with E-state index in [2.05, 4.69) is 10.3 Å². The Morgan fingerprint density at radius 3 is 2.90 bits per heavy atom. The topological polar surface area (TPSA) is 44.9 Å². The Morgan fingerprint density at radius 2 is 2.10 bits per heavy atom. The molecule has 1 aliphatic rings. The van der Waals surface area contributed by atoms with Gasteiger partial charge in [-0.3, -0.25) is 4.79 Å². The highest BCUT2D eigenvalue weighted by Gasteiger charge is 2.29. The predicted molar refractivity (Wildman–Crippen MR) is 76.3 cm³/mol. The Balaban J connectivity index is 2.29. The van der Waals surface area contributed by atoms with Gasteiger partial charge in [0, 0.05) is 28.4 Å². The fourth-order valence-corrected chi connectivity index (χ4v) is 3.23. The van der Waals surface area contributed by atoms with Crippen LogP contribution in [0, 0.1) is 5.82 Å². The van der Waals surface area contributed by atoms with E-state index in [1.54, 1.807) is 0 Å². The molecule has 0 saturated carbocycles. The monoisotopic (exact) mass is 268 g/mol. The first kappa shape index (κ1) is 11.5. The van der Waals surface area contributed by atoms with Gasteiger partial charge < -0.3 is 10.3 Å². The molecule has 2 heterocycles. The molecule has 0 unspecified atom stereocenters. The fraction of sp³-hybridized carbons (Fsp3) is 0.188. The molecule has 4 heteroatoms. The van der Waals surface area contributed by atoms with Crippen LogP contribution in [-0.4, -0.2) is 10.9 Å². The Labute approximate surface area is 114 Å². The number of fused-ring (bicyclic) bond motifs is 5. The Bertz CT molecular complexity index is 879. The van der Waals surface area contributed by atoms with Crippen LogP contribution in [0.2, 0.25) is 0 Å². The van der Waals surface area contributed by atoms with Crippen molar-refractivity contribution in [2.45, 2.75) is 19.9 Å². The molecule has 1 aliphatic heterocycles. The summed E-state index contributed by atoms with van der Waals surface area (Å²) in [5.74, 6) is -0.461. The van der Waals surface area contributed by atoms with Gasteiger partial charge in [-0.2, -0.15) is 0 Å². The molecular weight excluding hydrogens is 255 g/mol. The molecule has 3 nitrogen and oxygen atoms in total. The number of aromatic amines is 1. The van der Waals surface area contributed by atoms with Crippen molar-refractivity contribution in [3.63, 3.8) is 0 Å². The SMILES string of the molecule is CCc1c2c(c3c([nH]c4ccccc43)c1F)CNC2=O. The zero-order valence-corrected chi connectivity index (χ0v) is 11.0. The van der Waals surface area contributed by atoms with E-state index in [1.807, 2.05) is 31.2 Å². The number of halogens is 1. The van der Waals surface area contributed by atoms with Crippen LogP contribution < -0.4 is 5.32 Å². The molecule has 4 rings (SSSR count). The van der Waals surface area contributed by atoms with Crippen molar-refractivity contribution < 1.29 is 9.18 Å². The van der Waals surface area contributed by atoms with Crippen molar-refractivity contribution in [3.8, 4) is 0 Å². The number of amides is 1. The summed E-state index contributed by atoms with van der Waals surface area (Å²) in [6.07, 6.45) is 0.507. The number of H-pyrrole nitrogens is 1. The van der Waals surface area contributed by atoms with Crippen LogP contribution in [-0.2, 0) is 13.0 Å². The van der Waals surface area contributed by atoms with Crippen LogP contribution in [0.5, 0.6) is 0 Å². The van der Waals surface area contributed by atoms with Crippen molar-refractivity contribution in [2.24, 2.45) is 0 Å². The maximum atomic E-state index is 14.7. The lowest BCUT2D eigenvalue weighted by atomic mass is 9.95. The molecule has 2 aromatic carbocycles. The summed E-state index contributed by atoms with van der Waals surface area (Å²) in [6.45, 7) is 2.35. The van der Waals surface area contributed by atoms with E-state index in [0.29, 0.717) is 29.6 Å². The molecule has 0 fully saturated rings. The molecule has 3 aromatic rings. The van der Waals surface area contributed by atoms with Gasteiger partial charge >= 0.3 is 0 Å². The highest BCUT2D eigenvalue weighted by atomic mass is 19.1. The summed E-state index contributed by atoms with van der Waals surface area (Å²) < 4.78 is 14.7. The van der Waals surface area contributed by atoms with Gasteiger partial charge in [0.15, 0.2) is 5.82 Å². The summed E-state index contributed by atoms with van der Waals surface area (Å²) in [5, 5.41) is 4.62. The number of nitrogens with one attached hydrogen (secondary N) is 2. The first-order chi connectivity index (χ1) is 9.72. The van der Waals surface area contributed by atoms with Crippen LogP contribution in [0.3, 0.4) is 0 Å².